The Bertz CT molecular complexity index is 3970. The summed E-state index contributed by atoms with van der Waals surface area (Å²) < 4.78 is 60.2. The van der Waals surface area contributed by atoms with Crippen molar-refractivity contribution < 1.29 is 46.8 Å². The number of rotatable bonds is 21. The number of alkyl halides is 2. The number of methoxy groups -OCH3 is 3. The Hall–Kier alpha value is -6.67. The summed E-state index contributed by atoms with van der Waals surface area (Å²) in [6.07, 6.45) is 32.0. The summed E-state index contributed by atoms with van der Waals surface area (Å²) >= 11 is 0. The largest absolute Gasteiger partial charge is 0.383 e. The fraction of sp³-hybridized carbons (Fsp3) is 0.759. The second kappa shape index (κ2) is 35.0. The second-order valence-corrected chi connectivity index (χ2v) is 37.3. The number of carbonyl (C=O) groups is 3. The molecule has 11 heterocycles. The van der Waals surface area contributed by atoms with Gasteiger partial charge in [0, 0.05) is 144 Å². The predicted molar refractivity (Wildman–Crippen MR) is 429 cm³/mol. The maximum absolute atomic E-state index is 13.6. The van der Waals surface area contributed by atoms with E-state index < -0.39 is 5.92 Å². The van der Waals surface area contributed by atoms with Crippen LogP contribution in [-0.2, 0) is 38.1 Å². The Morgan fingerprint density at radius 2 is 0.688 bits per heavy atom. The van der Waals surface area contributed by atoms with E-state index in [0.717, 1.165) is 164 Å². The Morgan fingerprint density at radius 3 is 0.946 bits per heavy atom. The molecule has 5 aliphatic heterocycles. The number of aromatic nitrogens is 9. The monoisotopic (exact) mass is 1550 g/mol. The molecule has 6 aromatic rings. The van der Waals surface area contributed by atoms with E-state index in [1.807, 2.05) is 18.6 Å². The van der Waals surface area contributed by atoms with Crippen LogP contribution in [0.15, 0.2) is 36.8 Å². The van der Waals surface area contributed by atoms with Crippen LogP contribution >= 0.6 is 0 Å². The number of amides is 3. The molecule has 614 valence electrons. The van der Waals surface area contributed by atoms with E-state index in [9.17, 15) is 23.2 Å². The van der Waals surface area contributed by atoms with Crippen molar-refractivity contribution in [2.75, 3.05) is 123 Å². The molecular weight excluding hydrogens is 1420 g/mol. The molecule has 0 unspecified atom stereocenters. The van der Waals surface area contributed by atoms with Gasteiger partial charge in [-0.3, -0.25) is 14.4 Å². The van der Waals surface area contributed by atoms with Crippen molar-refractivity contribution in [1.29, 1.82) is 0 Å². The number of halogens is 2. The van der Waals surface area contributed by atoms with Crippen LogP contribution in [0.5, 0.6) is 0 Å². The maximum atomic E-state index is 13.6. The highest BCUT2D eigenvalue weighted by atomic mass is 19.3. The van der Waals surface area contributed by atoms with Crippen LogP contribution in [0.1, 0.15) is 278 Å². The zero-order valence-electron chi connectivity index (χ0n) is 68.6. The average Bonchev–Trinajstić information content (AvgIpc) is 1.30. The molecule has 3 N–H and O–H groups in total. The van der Waals surface area contributed by atoms with Gasteiger partial charge in [0.15, 0.2) is 0 Å². The first-order chi connectivity index (χ1) is 54.1. The minimum absolute atomic E-state index is 0.0551. The normalized spacial score (nSPS) is 29.7. The standard InChI is InChI=1S/C29H43F2N5O2.2C29H43N5O3/c1-19-4-6-22(7-5-19)25-16-24(26-17-32-28(34-36(25)26)33-20(2)18-38-3)21-8-10-23(11-9-21)27(37)35-14-12-29(30,31)13-15-35;2*1-19-4-6-22(7-5-19)25-12-24(26-13-30-28(32-34(25)26)31-20(2)14-36-3)21-8-10-23(11-9-21)27(35)33-15-29(16-33)17-37-18-29/h16-17,19-23H,4-15,18H2,1-3H3,(H,33,34);2*12-13,19-23H,4-11,14-18H2,1-3H3,(H,31,32)/t3*19?,20-,21?,22?,23?/m000/s1. The molecule has 6 aliphatic carbocycles. The molecule has 112 heavy (non-hydrogen) atoms. The molecule has 17 rings (SSSR count). The third-order valence-electron chi connectivity index (χ3n) is 28.1. The van der Waals surface area contributed by atoms with E-state index in [2.05, 4.69) is 104 Å². The van der Waals surface area contributed by atoms with Crippen LogP contribution in [-0.4, -0.2) is 207 Å². The van der Waals surface area contributed by atoms with Crippen molar-refractivity contribution in [3.8, 4) is 0 Å². The second-order valence-electron chi connectivity index (χ2n) is 37.3. The molecule has 6 saturated carbocycles. The SMILES string of the molecule is COC[C@H](C)Nc1ncc2c(C3CCC(C(=O)N4CC5(COC5)C4)CC3)cc(C3CCC(C)CC3)n2n1.COC[C@H](C)Nc1ncc2c(C3CCC(C(=O)N4CC5(COC5)C4)CC3)cc(C3CCC(C)CC3)n2n1.COC[C@H](C)Nc1ncc2c(C3CCC(C(=O)N4CCC(F)(F)CC4)CC3)cc(C3CCC(C)CC3)n2n1. The molecule has 0 aromatic carbocycles. The van der Waals surface area contributed by atoms with Gasteiger partial charge in [0.1, 0.15) is 0 Å². The van der Waals surface area contributed by atoms with Crippen molar-refractivity contribution in [1.82, 2.24) is 58.5 Å². The van der Waals surface area contributed by atoms with Gasteiger partial charge in [0.05, 0.1) is 92.2 Å². The van der Waals surface area contributed by atoms with Crippen LogP contribution in [0.2, 0.25) is 0 Å². The first-order valence-corrected chi connectivity index (χ1v) is 43.4. The third kappa shape index (κ3) is 18.0. The van der Waals surface area contributed by atoms with Crippen LogP contribution in [0.3, 0.4) is 0 Å². The first kappa shape index (κ1) is 80.5. The molecule has 11 aliphatic rings. The molecule has 3 amide bonds. The number of ether oxygens (including phenoxy) is 5. The van der Waals surface area contributed by atoms with E-state index in [-0.39, 0.29) is 67.7 Å². The summed E-state index contributed by atoms with van der Waals surface area (Å²) in [5.41, 5.74) is 11.9. The summed E-state index contributed by atoms with van der Waals surface area (Å²) in [4.78, 5) is 59.2. The minimum Gasteiger partial charge on any atom is -0.383 e. The van der Waals surface area contributed by atoms with Gasteiger partial charge in [-0.1, -0.05) is 59.3 Å². The zero-order valence-corrected chi connectivity index (χ0v) is 68.6. The highest BCUT2D eigenvalue weighted by Gasteiger charge is 2.53. The quantitative estimate of drug-likeness (QED) is 0.0608. The van der Waals surface area contributed by atoms with E-state index in [0.29, 0.717) is 95.8 Å². The molecule has 6 aromatic heterocycles. The lowest BCUT2D eigenvalue weighted by molar-refractivity contribution is -0.198. The van der Waals surface area contributed by atoms with Crippen molar-refractivity contribution in [2.24, 2.45) is 46.3 Å². The number of nitrogens with zero attached hydrogens (tertiary/aromatic N) is 12. The summed E-state index contributed by atoms with van der Waals surface area (Å²) in [6.45, 7) is 22.4. The number of carbonyl (C=O) groups excluding carboxylic acids is 3. The molecule has 3 atom stereocenters. The summed E-state index contributed by atoms with van der Waals surface area (Å²) in [7, 11) is 5.12. The maximum Gasteiger partial charge on any atom is 0.251 e. The predicted octanol–water partition coefficient (Wildman–Crippen LogP) is 15.2. The van der Waals surface area contributed by atoms with Gasteiger partial charge < -0.3 is 54.3 Å². The van der Waals surface area contributed by atoms with Crippen molar-refractivity contribution >= 4 is 52.1 Å². The zero-order chi connectivity index (χ0) is 78.0. The van der Waals surface area contributed by atoms with Crippen LogP contribution < -0.4 is 16.0 Å². The molecule has 0 bridgehead atoms. The van der Waals surface area contributed by atoms with Crippen molar-refractivity contribution in [2.45, 2.75) is 268 Å². The molecule has 0 radical (unpaired) electrons. The number of likely N-dealkylation sites (tertiary alicyclic amines) is 3. The fourth-order valence-electron chi connectivity index (χ4n) is 21.1. The van der Waals surface area contributed by atoms with Crippen molar-refractivity contribution in [3.63, 3.8) is 0 Å². The Kier molecular flexibility index (Phi) is 25.2. The van der Waals surface area contributed by atoms with Gasteiger partial charge in [0.2, 0.25) is 35.6 Å². The lowest BCUT2D eigenvalue weighted by atomic mass is 9.74. The number of fused-ring (bicyclic) bond motifs is 3. The van der Waals surface area contributed by atoms with Crippen molar-refractivity contribution in [3.05, 3.63) is 70.6 Å². The molecule has 25 heteroatoms. The smallest absolute Gasteiger partial charge is 0.251 e. The van der Waals surface area contributed by atoms with Gasteiger partial charge in [-0.25, -0.2) is 37.3 Å². The topological polar surface area (TPSA) is 234 Å². The van der Waals surface area contributed by atoms with E-state index in [1.54, 1.807) is 26.2 Å². The molecule has 2 spiro atoms. The van der Waals surface area contributed by atoms with Crippen LogP contribution in [0.25, 0.3) is 16.6 Å². The van der Waals surface area contributed by atoms with Crippen LogP contribution in [0.4, 0.5) is 26.6 Å². The molecule has 11 fully saturated rings. The minimum atomic E-state index is -2.63. The van der Waals surface area contributed by atoms with Gasteiger partial charge in [-0.2, -0.15) is 0 Å². The van der Waals surface area contributed by atoms with Crippen LogP contribution in [0, 0.1) is 46.3 Å². The van der Waals surface area contributed by atoms with Gasteiger partial charge in [-0.05, 0) is 207 Å². The van der Waals surface area contributed by atoms with E-state index in [1.165, 1.54) is 111 Å². The Balaban J connectivity index is 0.000000133. The number of hydrogen-bond acceptors (Lipinski definition) is 17. The number of hydrogen-bond donors (Lipinski definition) is 3. The number of anilines is 3. The lowest BCUT2D eigenvalue weighted by Crippen LogP contribution is -2.67. The summed E-state index contributed by atoms with van der Waals surface area (Å²) in [5, 5.41) is 25.1. The average molecular weight is 1550 g/mol. The molecule has 5 saturated heterocycles. The van der Waals surface area contributed by atoms with Gasteiger partial charge in [-0.15, -0.1) is 15.3 Å². The summed E-state index contributed by atoms with van der Waals surface area (Å²) in [5.74, 6) is 5.68. The number of piperidine rings is 1. The highest BCUT2D eigenvalue weighted by molar-refractivity contribution is 5.81. The van der Waals surface area contributed by atoms with E-state index >= 15 is 0 Å². The highest BCUT2D eigenvalue weighted by Crippen LogP contribution is 2.49. The Labute approximate surface area is 662 Å². The van der Waals surface area contributed by atoms with Gasteiger partial charge >= 0.3 is 0 Å². The van der Waals surface area contributed by atoms with Gasteiger partial charge in [0.25, 0.3) is 5.92 Å². The van der Waals surface area contributed by atoms with E-state index in [4.69, 9.17) is 48.9 Å². The Morgan fingerprint density at radius 1 is 0.420 bits per heavy atom. The fourth-order valence-corrected chi connectivity index (χ4v) is 21.1. The lowest BCUT2D eigenvalue weighted by Gasteiger charge is -2.55. The molecule has 23 nitrogen and oxygen atoms in total. The number of nitrogens with one attached hydrogen (secondary N) is 3. The molecular formula is C87H129F2N15O8. The third-order valence-corrected chi connectivity index (χ3v) is 28.1. The first-order valence-electron chi connectivity index (χ1n) is 43.4. The summed E-state index contributed by atoms with van der Waals surface area (Å²) in [6, 6.07) is 7.63.